The van der Waals surface area contributed by atoms with Crippen molar-refractivity contribution < 1.29 is 0 Å². The molecule has 1 rings (SSSR count). The van der Waals surface area contributed by atoms with Crippen molar-refractivity contribution in [2.75, 3.05) is 0 Å². The molecule has 0 N–H and O–H groups in total. The topological polar surface area (TPSA) is 0 Å². The number of terminal acetylenes is 1. The molecule has 0 saturated heterocycles. The average molecular weight is 223 g/mol. The monoisotopic (exact) mass is 222 g/mol. The van der Waals surface area contributed by atoms with Gasteiger partial charge in [-0.05, 0) is 29.7 Å². The van der Waals surface area contributed by atoms with E-state index in [2.05, 4.69) is 40.9 Å². The van der Waals surface area contributed by atoms with E-state index in [1.807, 2.05) is 6.07 Å². The summed E-state index contributed by atoms with van der Waals surface area (Å²) in [5.41, 5.74) is 2.60. The van der Waals surface area contributed by atoms with E-state index in [-0.39, 0.29) is 0 Å². The van der Waals surface area contributed by atoms with Crippen molar-refractivity contribution in [3.8, 4) is 12.3 Å². The van der Waals surface area contributed by atoms with Gasteiger partial charge in [-0.2, -0.15) is 0 Å². The van der Waals surface area contributed by atoms with Gasteiger partial charge in [-0.25, -0.2) is 0 Å². The minimum atomic E-state index is 0.733. The Bertz CT molecular complexity index is 307. The highest BCUT2D eigenvalue weighted by Gasteiger charge is 1.99. The number of hydrogen-bond donors (Lipinski definition) is 0. The van der Waals surface area contributed by atoms with Crippen molar-refractivity contribution in [2.45, 2.75) is 19.8 Å². The summed E-state index contributed by atoms with van der Waals surface area (Å²) in [6.07, 6.45) is 7.03. The van der Waals surface area contributed by atoms with E-state index in [1.165, 1.54) is 11.1 Å². The summed E-state index contributed by atoms with van der Waals surface area (Å²) < 4.78 is 1.13. The molecule has 0 heterocycles. The first-order valence-corrected chi connectivity index (χ1v) is 4.78. The van der Waals surface area contributed by atoms with Crippen LogP contribution in [0.25, 0.3) is 0 Å². The van der Waals surface area contributed by atoms with Crippen molar-refractivity contribution in [2.24, 2.45) is 0 Å². The van der Waals surface area contributed by atoms with E-state index in [0.29, 0.717) is 0 Å². The fourth-order valence-electron chi connectivity index (χ4n) is 1.21. The fourth-order valence-corrected chi connectivity index (χ4v) is 1.61. The molecule has 1 aromatic carbocycles. The molecule has 0 saturated carbocycles. The standard InChI is InChI=1S/C11H11Br/c1-3-5-10-6-7-11(12)8-9(10)4-2/h1,6-8H,4-5H2,2H3. The highest BCUT2D eigenvalue weighted by molar-refractivity contribution is 9.10. The van der Waals surface area contributed by atoms with Crippen molar-refractivity contribution in [3.05, 3.63) is 33.8 Å². The molecule has 0 spiro atoms. The maximum atomic E-state index is 5.26. The largest absolute Gasteiger partial charge is 0.120 e. The normalized spacial score (nSPS) is 9.42. The summed E-state index contributed by atoms with van der Waals surface area (Å²) in [4.78, 5) is 0. The minimum absolute atomic E-state index is 0.733. The lowest BCUT2D eigenvalue weighted by Gasteiger charge is -2.04. The Morgan fingerprint density at radius 2 is 2.17 bits per heavy atom. The number of hydrogen-bond acceptors (Lipinski definition) is 0. The Labute approximate surface area is 82.1 Å². The van der Waals surface area contributed by atoms with Gasteiger partial charge in [0.15, 0.2) is 0 Å². The maximum Gasteiger partial charge on any atom is 0.0340 e. The van der Waals surface area contributed by atoms with Crippen LogP contribution < -0.4 is 0 Å². The van der Waals surface area contributed by atoms with E-state index in [0.717, 1.165) is 17.3 Å². The van der Waals surface area contributed by atoms with E-state index < -0.39 is 0 Å². The quantitative estimate of drug-likeness (QED) is 0.675. The van der Waals surface area contributed by atoms with Crippen molar-refractivity contribution in [1.82, 2.24) is 0 Å². The summed E-state index contributed by atoms with van der Waals surface area (Å²) in [5, 5.41) is 0. The molecular weight excluding hydrogens is 212 g/mol. The van der Waals surface area contributed by atoms with Gasteiger partial charge in [0.25, 0.3) is 0 Å². The van der Waals surface area contributed by atoms with Gasteiger partial charge in [-0.3, -0.25) is 0 Å². The average Bonchev–Trinajstić information content (AvgIpc) is 2.08. The Balaban J connectivity index is 3.04. The van der Waals surface area contributed by atoms with Crippen LogP contribution in [0, 0.1) is 12.3 Å². The van der Waals surface area contributed by atoms with Gasteiger partial charge in [-0.15, -0.1) is 12.3 Å². The molecule has 0 radical (unpaired) electrons. The van der Waals surface area contributed by atoms with Gasteiger partial charge in [0, 0.05) is 10.9 Å². The molecule has 0 bridgehead atoms. The molecule has 1 heteroatoms. The molecule has 0 aromatic heterocycles. The molecule has 12 heavy (non-hydrogen) atoms. The Kier molecular flexibility index (Phi) is 3.37. The second-order valence-corrected chi connectivity index (χ2v) is 3.56. The van der Waals surface area contributed by atoms with E-state index in [1.54, 1.807) is 0 Å². The summed E-state index contributed by atoms with van der Waals surface area (Å²) >= 11 is 3.44. The molecule has 0 amide bonds. The first kappa shape index (κ1) is 9.35. The van der Waals surface area contributed by atoms with Crippen LogP contribution in [0.1, 0.15) is 18.1 Å². The molecule has 1 aromatic rings. The van der Waals surface area contributed by atoms with Crippen LogP contribution >= 0.6 is 15.9 Å². The lowest BCUT2D eigenvalue weighted by atomic mass is 10.0. The summed E-state index contributed by atoms with van der Waals surface area (Å²) in [6, 6.07) is 6.25. The molecular formula is C11H11Br. The third kappa shape index (κ3) is 2.12. The van der Waals surface area contributed by atoms with E-state index in [9.17, 15) is 0 Å². The molecule has 0 atom stereocenters. The van der Waals surface area contributed by atoms with Crippen LogP contribution in [0.2, 0.25) is 0 Å². The summed E-state index contributed by atoms with van der Waals surface area (Å²) in [6.45, 7) is 2.14. The first-order valence-electron chi connectivity index (χ1n) is 3.98. The third-order valence-corrected chi connectivity index (χ3v) is 2.33. The fraction of sp³-hybridized carbons (Fsp3) is 0.273. The Morgan fingerprint density at radius 1 is 1.42 bits per heavy atom. The molecule has 62 valence electrons. The zero-order chi connectivity index (χ0) is 8.97. The van der Waals surface area contributed by atoms with Crippen molar-refractivity contribution in [1.29, 1.82) is 0 Å². The molecule has 0 unspecified atom stereocenters. The zero-order valence-electron chi connectivity index (χ0n) is 7.10. The van der Waals surface area contributed by atoms with Crippen LogP contribution in [0.4, 0.5) is 0 Å². The molecule has 0 fully saturated rings. The van der Waals surface area contributed by atoms with Gasteiger partial charge in [0.2, 0.25) is 0 Å². The molecule has 0 aliphatic heterocycles. The lowest BCUT2D eigenvalue weighted by molar-refractivity contribution is 1.08. The predicted molar refractivity (Wildman–Crippen MR) is 56.1 cm³/mol. The van der Waals surface area contributed by atoms with Crippen LogP contribution in [-0.2, 0) is 12.8 Å². The number of rotatable bonds is 2. The van der Waals surface area contributed by atoms with Crippen LogP contribution in [-0.4, -0.2) is 0 Å². The predicted octanol–water partition coefficient (Wildman–Crippen LogP) is 3.19. The first-order chi connectivity index (χ1) is 5.77. The van der Waals surface area contributed by atoms with Crippen molar-refractivity contribution in [3.63, 3.8) is 0 Å². The van der Waals surface area contributed by atoms with Gasteiger partial charge in [-0.1, -0.05) is 28.9 Å². The van der Waals surface area contributed by atoms with Gasteiger partial charge in [0.1, 0.15) is 0 Å². The lowest BCUT2D eigenvalue weighted by Crippen LogP contribution is -1.90. The number of benzene rings is 1. The van der Waals surface area contributed by atoms with Gasteiger partial charge in [0.05, 0.1) is 0 Å². The molecule has 0 nitrogen and oxygen atoms in total. The minimum Gasteiger partial charge on any atom is -0.120 e. The Morgan fingerprint density at radius 3 is 2.75 bits per heavy atom. The van der Waals surface area contributed by atoms with Crippen LogP contribution in [0.3, 0.4) is 0 Å². The number of aryl methyl sites for hydroxylation is 1. The van der Waals surface area contributed by atoms with Gasteiger partial charge < -0.3 is 0 Å². The third-order valence-electron chi connectivity index (χ3n) is 1.84. The number of halogens is 1. The zero-order valence-corrected chi connectivity index (χ0v) is 8.69. The van der Waals surface area contributed by atoms with Gasteiger partial charge >= 0.3 is 0 Å². The van der Waals surface area contributed by atoms with E-state index >= 15 is 0 Å². The van der Waals surface area contributed by atoms with Crippen LogP contribution in [0.5, 0.6) is 0 Å². The molecule has 0 aliphatic rings. The second-order valence-electron chi connectivity index (χ2n) is 2.65. The highest BCUT2D eigenvalue weighted by Crippen LogP contribution is 2.17. The second kappa shape index (κ2) is 4.33. The SMILES string of the molecule is C#CCc1ccc(Br)cc1CC. The van der Waals surface area contributed by atoms with E-state index in [4.69, 9.17) is 6.42 Å². The summed E-state index contributed by atoms with van der Waals surface area (Å²) in [5.74, 6) is 2.66. The van der Waals surface area contributed by atoms with Crippen molar-refractivity contribution >= 4 is 15.9 Å². The smallest absolute Gasteiger partial charge is 0.0340 e. The molecule has 0 aliphatic carbocycles. The Hall–Kier alpha value is -0.740. The summed E-state index contributed by atoms with van der Waals surface area (Å²) in [7, 11) is 0. The van der Waals surface area contributed by atoms with Crippen LogP contribution in [0.15, 0.2) is 22.7 Å². The maximum absolute atomic E-state index is 5.26. The highest BCUT2D eigenvalue weighted by atomic mass is 79.9.